The third kappa shape index (κ3) is 4.63. The summed E-state index contributed by atoms with van der Waals surface area (Å²) < 4.78 is 0. The Balaban J connectivity index is 1.75. The maximum atomic E-state index is 11.5. The van der Waals surface area contributed by atoms with Gasteiger partial charge in [-0.25, -0.2) is 0 Å². The molecular weight excluding hydrogens is 312 g/mol. The lowest BCUT2D eigenvalue weighted by atomic mass is 10.0. The molecule has 1 amide bonds. The van der Waals surface area contributed by atoms with Crippen molar-refractivity contribution in [2.45, 2.75) is 45.2 Å². The molecule has 3 rings (SSSR count). The Morgan fingerprint density at radius 3 is 3.00 bits per heavy atom. The third-order valence-corrected chi connectivity index (χ3v) is 4.77. The Morgan fingerprint density at radius 2 is 2.24 bits per heavy atom. The molecule has 132 valence electrons. The van der Waals surface area contributed by atoms with Gasteiger partial charge in [0.05, 0.1) is 11.7 Å². The number of hydrogen-bond acceptors (Lipinski definition) is 4. The summed E-state index contributed by atoms with van der Waals surface area (Å²) in [5.41, 5.74) is 4.59. The van der Waals surface area contributed by atoms with Gasteiger partial charge in [-0.15, -0.1) is 0 Å². The number of nitrogens with zero attached hydrogens (tertiary/aromatic N) is 3. The van der Waals surface area contributed by atoms with Crippen LogP contribution >= 0.6 is 0 Å². The zero-order valence-electron chi connectivity index (χ0n) is 15.0. The zero-order valence-corrected chi connectivity index (χ0v) is 15.0. The highest BCUT2D eigenvalue weighted by Crippen LogP contribution is 2.32. The van der Waals surface area contributed by atoms with Crippen molar-refractivity contribution in [2.75, 3.05) is 13.6 Å². The van der Waals surface area contributed by atoms with E-state index in [9.17, 15) is 4.79 Å². The number of carbonyl (C=O) groups is 1. The number of aryl methyl sites for hydroxylation is 2. The Labute approximate surface area is 149 Å². The maximum Gasteiger partial charge on any atom is 0.220 e. The number of likely N-dealkylation sites (tertiary alicyclic amines) is 1. The lowest BCUT2D eigenvalue weighted by molar-refractivity contribution is -0.120. The van der Waals surface area contributed by atoms with E-state index in [0.29, 0.717) is 12.5 Å². The molecule has 0 saturated carbocycles. The molecule has 5 heteroatoms. The monoisotopic (exact) mass is 338 g/mol. The van der Waals surface area contributed by atoms with Crippen molar-refractivity contribution < 1.29 is 4.79 Å². The van der Waals surface area contributed by atoms with Crippen molar-refractivity contribution in [1.82, 2.24) is 20.2 Å². The highest BCUT2D eigenvalue weighted by molar-refractivity contribution is 5.75. The molecule has 5 nitrogen and oxygen atoms in total. The van der Waals surface area contributed by atoms with Gasteiger partial charge < -0.3 is 5.32 Å². The summed E-state index contributed by atoms with van der Waals surface area (Å²) in [4.78, 5) is 23.0. The molecule has 1 N–H and O–H groups in total. The van der Waals surface area contributed by atoms with Crippen molar-refractivity contribution in [2.24, 2.45) is 0 Å². The quantitative estimate of drug-likeness (QED) is 0.880. The first kappa shape index (κ1) is 17.5. The van der Waals surface area contributed by atoms with E-state index in [0.717, 1.165) is 37.3 Å². The topological polar surface area (TPSA) is 58.1 Å². The van der Waals surface area contributed by atoms with E-state index in [1.165, 1.54) is 17.5 Å². The Hall–Kier alpha value is -2.27. The second kappa shape index (κ2) is 8.21. The third-order valence-electron chi connectivity index (χ3n) is 4.77. The van der Waals surface area contributed by atoms with Crippen LogP contribution in [0.2, 0.25) is 0 Å². The summed E-state index contributed by atoms with van der Waals surface area (Å²) in [5, 5.41) is 2.69. The molecule has 1 unspecified atom stereocenters. The van der Waals surface area contributed by atoms with Gasteiger partial charge in [-0.1, -0.05) is 6.07 Å². The molecule has 2 aromatic rings. The van der Waals surface area contributed by atoms with E-state index >= 15 is 0 Å². The van der Waals surface area contributed by atoms with Gasteiger partial charge in [-0.05, 0) is 62.1 Å². The molecule has 0 aliphatic carbocycles. The van der Waals surface area contributed by atoms with Crippen LogP contribution in [0.3, 0.4) is 0 Å². The van der Waals surface area contributed by atoms with E-state index in [-0.39, 0.29) is 5.91 Å². The summed E-state index contributed by atoms with van der Waals surface area (Å²) >= 11 is 0. The normalized spacial score (nSPS) is 17.6. The largest absolute Gasteiger partial charge is 0.359 e. The van der Waals surface area contributed by atoms with Crippen molar-refractivity contribution in [3.05, 3.63) is 59.2 Å². The number of pyridine rings is 2. The average molecular weight is 338 g/mol. The summed E-state index contributed by atoms with van der Waals surface area (Å²) in [6.07, 6.45) is 7.34. The van der Waals surface area contributed by atoms with Gasteiger partial charge in [-0.2, -0.15) is 0 Å². The fraction of sp³-hybridized carbons (Fsp3) is 0.450. The SMILES string of the molecule is CNC(=O)CCc1cc(C)nc(C2CCCN2Cc2cccnc2)c1. The lowest BCUT2D eigenvalue weighted by Crippen LogP contribution is -2.24. The Bertz CT molecular complexity index is 717. The molecule has 0 aromatic carbocycles. The molecule has 1 aliphatic rings. The molecule has 1 aliphatic heterocycles. The minimum Gasteiger partial charge on any atom is -0.359 e. The lowest BCUT2D eigenvalue weighted by Gasteiger charge is -2.24. The standard InChI is InChI=1S/C20H26N4O/c1-15-11-16(7-8-20(25)21-2)12-18(23-15)19-6-4-10-24(19)14-17-5-3-9-22-13-17/h3,5,9,11-13,19H,4,6-8,10,14H2,1-2H3,(H,21,25). The number of rotatable bonds is 6. The van der Waals surface area contributed by atoms with E-state index < -0.39 is 0 Å². The second-order valence-corrected chi connectivity index (χ2v) is 6.70. The molecule has 0 radical (unpaired) electrons. The first-order valence-corrected chi connectivity index (χ1v) is 8.96. The predicted molar refractivity (Wildman–Crippen MR) is 98.0 cm³/mol. The smallest absolute Gasteiger partial charge is 0.220 e. The molecule has 0 spiro atoms. The molecule has 25 heavy (non-hydrogen) atoms. The number of hydrogen-bond donors (Lipinski definition) is 1. The van der Waals surface area contributed by atoms with Gasteiger partial charge in [0.15, 0.2) is 0 Å². The number of amides is 1. The first-order valence-electron chi connectivity index (χ1n) is 8.96. The van der Waals surface area contributed by atoms with Crippen LogP contribution < -0.4 is 5.32 Å². The van der Waals surface area contributed by atoms with Crippen LogP contribution in [0.15, 0.2) is 36.7 Å². The van der Waals surface area contributed by atoms with E-state index in [4.69, 9.17) is 4.98 Å². The van der Waals surface area contributed by atoms with Gasteiger partial charge >= 0.3 is 0 Å². The molecule has 0 bridgehead atoms. The molecule has 1 fully saturated rings. The number of aromatic nitrogens is 2. The van der Waals surface area contributed by atoms with E-state index in [1.807, 2.05) is 25.4 Å². The second-order valence-electron chi connectivity index (χ2n) is 6.70. The Morgan fingerprint density at radius 1 is 1.36 bits per heavy atom. The van der Waals surface area contributed by atoms with Gasteiger partial charge in [0.2, 0.25) is 5.91 Å². The summed E-state index contributed by atoms with van der Waals surface area (Å²) in [7, 11) is 1.68. The zero-order chi connectivity index (χ0) is 17.6. The van der Waals surface area contributed by atoms with Crippen molar-refractivity contribution in [3.63, 3.8) is 0 Å². The van der Waals surface area contributed by atoms with E-state index in [1.54, 1.807) is 7.05 Å². The first-order chi connectivity index (χ1) is 12.2. The van der Waals surface area contributed by atoms with Crippen LogP contribution in [0.4, 0.5) is 0 Å². The Kier molecular flexibility index (Phi) is 5.76. The average Bonchev–Trinajstić information content (AvgIpc) is 3.08. The van der Waals surface area contributed by atoms with Crippen molar-refractivity contribution in [1.29, 1.82) is 0 Å². The van der Waals surface area contributed by atoms with Crippen molar-refractivity contribution in [3.8, 4) is 0 Å². The van der Waals surface area contributed by atoms with Gasteiger partial charge in [0.25, 0.3) is 0 Å². The van der Waals surface area contributed by atoms with Crippen LogP contribution in [0.1, 0.15) is 47.8 Å². The molecule has 3 heterocycles. The van der Waals surface area contributed by atoms with Crippen LogP contribution in [0, 0.1) is 6.92 Å². The van der Waals surface area contributed by atoms with Gasteiger partial charge in [0, 0.05) is 38.1 Å². The van der Waals surface area contributed by atoms with Crippen LogP contribution in [-0.4, -0.2) is 34.4 Å². The van der Waals surface area contributed by atoms with E-state index in [2.05, 4.69) is 33.4 Å². The summed E-state index contributed by atoms with van der Waals surface area (Å²) in [6, 6.07) is 8.73. The fourth-order valence-corrected chi connectivity index (χ4v) is 3.54. The van der Waals surface area contributed by atoms with Crippen molar-refractivity contribution >= 4 is 5.91 Å². The highest BCUT2D eigenvalue weighted by atomic mass is 16.1. The van der Waals surface area contributed by atoms with Crippen LogP contribution in [-0.2, 0) is 17.8 Å². The minimum atomic E-state index is 0.0788. The van der Waals surface area contributed by atoms with Crippen LogP contribution in [0.5, 0.6) is 0 Å². The summed E-state index contributed by atoms with van der Waals surface area (Å²) in [5.74, 6) is 0.0788. The molecule has 1 saturated heterocycles. The number of nitrogens with one attached hydrogen (secondary N) is 1. The maximum absolute atomic E-state index is 11.5. The van der Waals surface area contributed by atoms with Gasteiger partial charge in [0.1, 0.15) is 0 Å². The molecular formula is C20H26N4O. The minimum absolute atomic E-state index is 0.0788. The van der Waals surface area contributed by atoms with Gasteiger partial charge in [-0.3, -0.25) is 19.7 Å². The molecule has 2 aromatic heterocycles. The number of carbonyl (C=O) groups excluding carboxylic acids is 1. The fourth-order valence-electron chi connectivity index (χ4n) is 3.54. The summed E-state index contributed by atoms with van der Waals surface area (Å²) in [6.45, 7) is 4.03. The molecule has 1 atom stereocenters. The highest BCUT2D eigenvalue weighted by Gasteiger charge is 2.27. The predicted octanol–water partition coefficient (Wildman–Crippen LogP) is 2.80. The van der Waals surface area contributed by atoms with Crippen LogP contribution in [0.25, 0.3) is 0 Å².